The Balaban J connectivity index is 4.30. The van der Waals surface area contributed by atoms with Crippen molar-refractivity contribution in [3.63, 3.8) is 0 Å². The summed E-state index contributed by atoms with van der Waals surface area (Å²) in [4.78, 5) is 38.2. The fraction of sp³-hybridized carbons (Fsp3) is 0.648. The smallest absolute Gasteiger partial charge is 0.306 e. The van der Waals surface area contributed by atoms with Crippen molar-refractivity contribution in [1.82, 2.24) is 0 Å². The summed E-state index contributed by atoms with van der Waals surface area (Å²) in [5.74, 6) is -0.928. The van der Waals surface area contributed by atoms with Crippen molar-refractivity contribution in [2.75, 3.05) is 13.2 Å². The second-order valence-corrected chi connectivity index (χ2v) is 20.6. The molecule has 0 aromatic carbocycles. The molecule has 0 aliphatic carbocycles. The van der Waals surface area contributed by atoms with Crippen LogP contribution in [0.15, 0.2) is 134 Å². The van der Waals surface area contributed by atoms with Crippen molar-refractivity contribution < 1.29 is 28.6 Å². The fourth-order valence-electron chi connectivity index (χ4n) is 8.37. The van der Waals surface area contributed by atoms with Crippen molar-refractivity contribution in [3.8, 4) is 0 Å². The molecule has 0 aliphatic heterocycles. The topological polar surface area (TPSA) is 78.9 Å². The van der Waals surface area contributed by atoms with Crippen LogP contribution < -0.4 is 0 Å². The molecule has 77 heavy (non-hydrogen) atoms. The zero-order chi connectivity index (χ0) is 55.7. The summed E-state index contributed by atoms with van der Waals surface area (Å²) in [6.07, 6.45) is 90.3. The van der Waals surface area contributed by atoms with Gasteiger partial charge >= 0.3 is 17.9 Å². The van der Waals surface area contributed by atoms with Crippen LogP contribution in [0.5, 0.6) is 0 Å². The molecule has 0 saturated carbocycles. The van der Waals surface area contributed by atoms with E-state index in [4.69, 9.17) is 14.2 Å². The molecule has 0 amide bonds. The normalized spacial score (nSPS) is 13.0. The molecule has 0 rings (SSSR count). The lowest BCUT2D eigenvalue weighted by molar-refractivity contribution is -0.167. The molecule has 0 aliphatic rings. The number of esters is 3. The maximum Gasteiger partial charge on any atom is 0.306 e. The molecule has 0 fully saturated rings. The molecule has 0 N–H and O–H groups in total. The zero-order valence-electron chi connectivity index (χ0n) is 49.9. The fourth-order valence-corrected chi connectivity index (χ4v) is 8.37. The third-order valence-corrected chi connectivity index (χ3v) is 13.1. The van der Waals surface area contributed by atoms with Gasteiger partial charge in [-0.15, -0.1) is 0 Å². The molecule has 1 atom stereocenters. The number of ether oxygens (including phenoxy) is 3. The summed E-state index contributed by atoms with van der Waals surface area (Å²) in [5, 5.41) is 0. The van der Waals surface area contributed by atoms with Gasteiger partial charge < -0.3 is 14.2 Å². The maximum absolute atomic E-state index is 12.9. The Morgan fingerprint density at radius 2 is 0.532 bits per heavy atom. The van der Waals surface area contributed by atoms with Gasteiger partial charge in [0.25, 0.3) is 0 Å². The Kier molecular flexibility index (Phi) is 60.4. The van der Waals surface area contributed by atoms with Gasteiger partial charge in [0, 0.05) is 19.3 Å². The van der Waals surface area contributed by atoms with E-state index in [2.05, 4.69) is 154 Å². The molecule has 0 radical (unpaired) electrons. The second kappa shape index (κ2) is 64.1. The van der Waals surface area contributed by atoms with E-state index in [9.17, 15) is 14.4 Å². The van der Waals surface area contributed by atoms with Crippen molar-refractivity contribution in [2.45, 2.75) is 284 Å². The minimum absolute atomic E-state index is 0.0945. The zero-order valence-corrected chi connectivity index (χ0v) is 49.9. The van der Waals surface area contributed by atoms with Crippen molar-refractivity contribution in [3.05, 3.63) is 134 Å². The maximum atomic E-state index is 12.9. The molecule has 1 unspecified atom stereocenters. The van der Waals surface area contributed by atoms with Crippen LogP contribution >= 0.6 is 0 Å². The summed E-state index contributed by atoms with van der Waals surface area (Å²) >= 11 is 0. The number of hydrogen-bond donors (Lipinski definition) is 0. The van der Waals surface area contributed by atoms with E-state index in [1.807, 2.05) is 0 Å². The first-order valence-electron chi connectivity index (χ1n) is 31.7. The highest BCUT2D eigenvalue weighted by Crippen LogP contribution is 2.15. The van der Waals surface area contributed by atoms with Crippen LogP contribution in [0.2, 0.25) is 0 Å². The quantitative estimate of drug-likeness (QED) is 0.0261. The molecule has 0 saturated heterocycles. The first kappa shape index (κ1) is 72.5. The molecule has 6 heteroatoms. The van der Waals surface area contributed by atoms with Crippen LogP contribution in [0.3, 0.4) is 0 Å². The molecular formula is C71H116O6. The lowest BCUT2D eigenvalue weighted by atomic mass is 10.1. The van der Waals surface area contributed by atoms with Gasteiger partial charge in [0.2, 0.25) is 0 Å². The molecule has 436 valence electrons. The average molecular weight is 1070 g/mol. The third kappa shape index (κ3) is 62.3. The Hall–Kier alpha value is -4.45. The Morgan fingerprint density at radius 1 is 0.273 bits per heavy atom. The highest BCUT2D eigenvalue weighted by molar-refractivity contribution is 5.71. The summed E-state index contributed by atoms with van der Waals surface area (Å²) in [5.41, 5.74) is 0. The van der Waals surface area contributed by atoms with Gasteiger partial charge in [-0.05, 0) is 135 Å². The van der Waals surface area contributed by atoms with Crippen LogP contribution in [0.25, 0.3) is 0 Å². The Bertz CT molecular complexity index is 1650. The van der Waals surface area contributed by atoms with E-state index in [-0.39, 0.29) is 31.1 Å². The minimum atomic E-state index is -0.798. The first-order valence-corrected chi connectivity index (χ1v) is 31.7. The van der Waals surface area contributed by atoms with Crippen molar-refractivity contribution in [1.29, 1.82) is 0 Å². The van der Waals surface area contributed by atoms with Gasteiger partial charge in [-0.2, -0.15) is 0 Å². The SMILES string of the molecule is CC/C=C\C/C=C\C/C=C\C/C=C\C/C=C\C/C=C\C/C=C\CCCCCCCCCCCC(=O)OCC(COC(=O)CCCCCCC/C=C\C/C=C\CCC)OC(=O)CCCCCCC/C=C\C/C=C\CCCCC. The summed E-state index contributed by atoms with van der Waals surface area (Å²) < 4.78 is 16.9. The molecule has 0 heterocycles. The first-order chi connectivity index (χ1) is 38.0. The summed E-state index contributed by atoms with van der Waals surface area (Å²) in [6, 6.07) is 0. The van der Waals surface area contributed by atoms with Crippen molar-refractivity contribution in [2.24, 2.45) is 0 Å². The van der Waals surface area contributed by atoms with Gasteiger partial charge in [0.1, 0.15) is 13.2 Å². The molecule has 0 aromatic heterocycles. The van der Waals surface area contributed by atoms with Gasteiger partial charge in [-0.1, -0.05) is 257 Å². The summed E-state index contributed by atoms with van der Waals surface area (Å²) in [6.45, 7) is 6.41. The van der Waals surface area contributed by atoms with Gasteiger partial charge in [-0.25, -0.2) is 0 Å². The number of unbranched alkanes of at least 4 members (excludes halogenated alkanes) is 23. The predicted molar refractivity (Wildman–Crippen MR) is 334 cm³/mol. The van der Waals surface area contributed by atoms with E-state index < -0.39 is 6.10 Å². The monoisotopic (exact) mass is 1060 g/mol. The lowest BCUT2D eigenvalue weighted by Crippen LogP contribution is -2.30. The van der Waals surface area contributed by atoms with Crippen LogP contribution in [-0.2, 0) is 28.6 Å². The van der Waals surface area contributed by atoms with E-state index in [1.54, 1.807) is 0 Å². The number of carbonyl (C=O) groups is 3. The predicted octanol–water partition coefficient (Wildman–Crippen LogP) is 21.8. The highest BCUT2D eigenvalue weighted by atomic mass is 16.6. The van der Waals surface area contributed by atoms with Gasteiger partial charge in [0.15, 0.2) is 6.10 Å². The van der Waals surface area contributed by atoms with Crippen LogP contribution in [0.4, 0.5) is 0 Å². The molecule has 0 aromatic rings. The Morgan fingerprint density at radius 3 is 0.844 bits per heavy atom. The minimum Gasteiger partial charge on any atom is -0.462 e. The van der Waals surface area contributed by atoms with E-state index in [0.29, 0.717) is 19.3 Å². The Labute approximate surface area is 475 Å². The summed E-state index contributed by atoms with van der Waals surface area (Å²) in [7, 11) is 0. The third-order valence-electron chi connectivity index (χ3n) is 13.1. The van der Waals surface area contributed by atoms with Crippen LogP contribution in [0, 0.1) is 0 Å². The highest BCUT2D eigenvalue weighted by Gasteiger charge is 2.19. The van der Waals surface area contributed by atoms with Crippen LogP contribution in [-0.4, -0.2) is 37.2 Å². The van der Waals surface area contributed by atoms with Gasteiger partial charge in [0.05, 0.1) is 0 Å². The molecule has 0 bridgehead atoms. The lowest BCUT2D eigenvalue weighted by Gasteiger charge is -2.18. The number of allylic oxidation sites excluding steroid dienone is 22. The standard InChI is InChI=1S/C71H116O6/c1-4-7-10-13-16-19-22-25-27-28-29-30-31-32-33-34-35-36-37-38-39-40-41-42-44-46-49-52-55-58-61-64-70(73)76-67-68(66-75-69(72)63-60-57-54-51-48-45-24-21-18-15-12-9-6-3)77-71(74)65-62-59-56-53-50-47-43-26-23-20-17-14-11-8-5-2/h7,10,12,15-17,19-21,24-27,29-30,32-33,35-36,38-39,43,68H,4-6,8-9,11,13-14,18,22-23,28,31,34,37,40-42,44-67H2,1-3H3/b10-7-,15-12-,19-16-,20-17-,24-21-,27-25-,30-29-,33-32-,36-35-,39-38-,43-26-. The molecule has 6 nitrogen and oxygen atoms in total. The average Bonchev–Trinajstić information content (AvgIpc) is 3.43. The second-order valence-electron chi connectivity index (χ2n) is 20.6. The number of rotatable bonds is 56. The van der Waals surface area contributed by atoms with Crippen molar-refractivity contribution >= 4 is 17.9 Å². The number of carbonyl (C=O) groups excluding carboxylic acids is 3. The van der Waals surface area contributed by atoms with E-state index in [0.717, 1.165) is 167 Å². The van der Waals surface area contributed by atoms with E-state index in [1.165, 1.54) is 70.6 Å². The van der Waals surface area contributed by atoms with E-state index >= 15 is 0 Å². The van der Waals surface area contributed by atoms with Gasteiger partial charge in [-0.3, -0.25) is 14.4 Å². The van der Waals surface area contributed by atoms with Crippen LogP contribution in [0.1, 0.15) is 278 Å². The molecule has 0 spiro atoms. The molecular weight excluding hydrogens is 949 g/mol. The number of hydrogen-bond acceptors (Lipinski definition) is 6. The largest absolute Gasteiger partial charge is 0.462 e.